The minimum absolute atomic E-state index is 0.242. The molecular formula is C21H22IN3O2. The maximum Gasteiger partial charge on any atom is 0.410 e. The van der Waals surface area contributed by atoms with E-state index in [1.807, 2.05) is 33.2 Å². The van der Waals surface area contributed by atoms with Crippen LogP contribution in [0.1, 0.15) is 31.9 Å². The van der Waals surface area contributed by atoms with Gasteiger partial charge in [0, 0.05) is 40.0 Å². The van der Waals surface area contributed by atoms with Crippen molar-refractivity contribution in [1.82, 2.24) is 14.9 Å². The van der Waals surface area contributed by atoms with Gasteiger partial charge in [0.05, 0.1) is 0 Å². The van der Waals surface area contributed by atoms with Gasteiger partial charge in [0.1, 0.15) is 11.2 Å². The summed E-state index contributed by atoms with van der Waals surface area (Å²) in [5.74, 6) is 0. The van der Waals surface area contributed by atoms with Gasteiger partial charge in [-0.15, -0.1) is 0 Å². The summed E-state index contributed by atoms with van der Waals surface area (Å²) >= 11 is 2.32. The smallest absolute Gasteiger partial charge is 0.410 e. The Balaban J connectivity index is 1.58. The van der Waals surface area contributed by atoms with Crippen LogP contribution in [0.3, 0.4) is 0 Å². The van der Waals surface area contributed by atoms with Crippen LogP contribution < -0.4 is 0 Å². The molecule has 4 rings (SSSR count). The van der Waals surface area contributed by atoms with E-state index < -0.39 is 5.60 Å². The second kappa shape index (κ2) is 6.82. The van der Waals surface area contributed by atoms with Crippen molar-refractivity contribution in [3.05, 3.63) is 51.4 Å². The van der Waals surface area contributed by atoms with E-state index in [4.69, 9.17) is 4.74 Å². The number of halogens is 1. The predicted octanol–water partition coefficient (Wildman–Crippen LogP) is 5.13. The summed E-state index contributed by atoms with van der Waals surface area (Å²) in [6, 6.07) is 8.63. The van der Waals surface area contributed by atoms with Crippen molar-refractivity contribution >= 4 is 39.7 Å². The lowest BCUT2D eigenvalue weighted by molar-refractivity contribution is 0.0224. The fourth-order valence-corrected chi connectivity index (χ4v) is 3.91. The molecule has 0 atom stereocenters. The first-order valence-corrected chi connectivity index (χ1v) is 10.1. The van der Waals surface area contributed by atoms with E-state index in [0.29, 0.717) is 13.1 Å². The van der Waals surface area contributed by atoms with E-state index in [-0.39, 0.29) is 6.09 Å². The molecule has 3 heterocycles. The standard InChI is InChI=1S/C21H22IN3O2/c1-21(2,3)27-20(26)25-7-6-14-8-13(4-5-15(14)12-25)16-9-17-18(22)11-24-19(17)23-10-16/h4-5,8-11H,6-7,12H2,1-3H3,(H,23,24). The van der Waals surface area contributed by atoms with Gasteiger partial charge in [-0.3, -0.25) is 0 Å². The average Bonchev–Trinajstić information content (AvgIpc) is 3.00. The van der Waals surface area contributed by atoms with Gasteiger partial charge in [-0.25, -0.2) is 9.78 Å². The molecule has 0 saturated heterocycles. The third kappa shape index (κ3) is 3.81. The first kappa shape index (κ1) is 18.3. The molecule has 1 amide bonds. The number of hydrogen-bond donors (Lipinski definition) is 1. The molecule has 6 heteroatoms. The largest absolute Gasteiger partial charge is 0.444 e. The third-order valence-corrected chi connectivity index (χ3v) is 5.58. The molecule has 1 aromatic carbocycles. The zero-order valence-electron chi connectivity index (χ0n) is 15.7. The number of pyridine rings is 1. The molecule has 2 aromatic heterocycles. The lowest BCUT2D eigenvalue weighted by Gasteiger charge is -2.31. The molecular weight excluding hydrogens is 453 g/mol. The second-order valence-electron chi connectivity index (χ2n) is 7.89. The summed E-state index contributed by atoms with van der Waals surface area (Å²) in [4.78, 5) is 21.8. The van der Waals surface area contributed by atoms with Crippen molar-refractivity contribution in [3.63, 3.8) is 0 Å². The predicted molar refractivity (Wildman–Crippen MR) is 115 cm³/mol. The number of fused-ring (bicyclic) bond motifs is 2. The van der Waals surface area contributed by atoms with Gasteiger partial charge in [0.15, 0.2) is 0 Å². The molecule has 0 radical (unpaired) electrons. The number of nitrogens with zero attached hydrogens (tertiary/aromatic N) is 2. The number of carbonyl (C=O) groups excluding carboxylic acids is 1. The second-order valence-corrected chi connectivity index (χ2v) is 9.05. The summed E-state index contributed by atoms with van der Waals surface area (Å²) < 4.78 is 6.67. The van der Waals surface area contributed by atoms with Gasteiger partial charge < -0.3 is 14.6 Å². The van der Waals surface area contributed by atoms with Gasteiger partial charge in [0.25, 0.3) is 0 Å². The lowest BCUT2D eigenvalue weighted by atomic mass is 9.95. The highest BCUT2D eigenvalue weighted by Gasteiger charge is 2.25. The van der Waals surface area contributed by atoms with Crippen LogP contribution in [0.15, 0.2) is 36.7 Å². The molecule has 3 aromatic rings. The van der Waals surface area contributed by atoms with Crippen LogP contribution in [-0.4, -0.2) is 33.1 Å². The Labute approximate surface area is 172 Å². The number of hydrogen-bond acceptors (Lipinski definition) is 3. The van der Waals surface area contributed by atoms with E-state index in [2.05, 4.69) is 56.8 Å². The number of benzene rings is 1. The molecule has 0 saturated carbocycles. The quantitative estimate of drug-likeness (QED) is 0.497. The minimum atomic E-state index is -0.470. The van der Waals surface area contributed by atoms with Gasteiger partial charge in [-0.2, -0.15) is 0 Å². The molecule has 0 aliphatic carbocycles. The highest BCUT2D eigenvalue weighted by atomic mass is 127. The SMILES string of the molecule is CC(C)(C)OC(=O)N1CCc2cc(-c3cnc4[nH]cc(I)c4c3)ccc2C1. The van der Waals surface area contributed by atoms with Crippen LogP contribution in [0.25, 0.3) is 22.2 Å². The molecule has 1 N–H and O–H groups in total. The van der Waals surface area contributed by atoms with Crippen LogP contribution in [0, 0.1) is 3.57 Å². The number of carbonyl (C=O) groups is 1. The Morgan fingerprint density at radius 3 is 2.81 bits per heavy atom. The topological polar surface area (TPSA) is 58.2 Å². The number of aromatic amines is 1. The van der Waals surface area contributed by atoms with Crippen LogP contribution in [0.5, 0.6) is 0 Å². The summed E-state index contributed by atoms with van der Waals surface area (Å²) in [6.07, 6.45) is 4.47. The van der Waals surface area contributed by atoms with E-state index in [9.17, 15) is 4.79 Å². The van der Waals surface area contributed by atoms with Crippen molar-refractivity contribution in [2.45, 2.75) is 39.3 Å². The molecule has 27 heavy (non-hydrogen) atoms. The van der Waals surface area contributed by atoms with Crippen molar-refractivity contribution < 1.29 is 9.53 Å². The van der Waals surface area contributed by atoms with Crippen LogP contribution >= 0.6 is 22.6 Å². The Kier molecular flexibility index (Phi) is 4.61. The van der Waals surface area contributed by atoms with Gasteiger partial charge in [-0.05, 0) is 72.5 Å². The minimum Gasteiger partial charge on any atom is -0.444 e. The Morgan fingerprint density at radius 2 is 2.04 bits per heavy atom. The number of H-pyrrole nitrogens is 1. The molecule has 0 spiro atoms. The molecule has 0 unspecified atom stereocenters. The third-order valence-electron chi connectivity index (χ3n) is 4.68. The highest BCUT2D eigenvalue weighted by molar-refractivity contribution is 14.1. The highest BCUT2D eigenvalue weighted by Crippen LogP contribution is 2.29. The molecule has 1 aliphatic rings. The van der Waals surface area contributed by atoms with Crippen molar-refractivity contribution in [2.75, 3.05) is 6.54 Å². The van der Waals surface area contributed by atoms with E-state index in [1.165, 1.54) is 14.7 Å². The zero-order valence-corrected chi connectivity index (χ0v) is 17.8. The average molecular weight is 475 g/mol. The number of amides is 1. The Hall–Kier alpha value is -2.09. The van der Waals surface area contributed by atoms with Crippen molar-refractivity contribution in [2.24, 2.45) is 0 Å². The van der Waals surface area contributed by atoms with Crippen LogP contribution in [0.2, 0.25) is 0 Å². The molecule has 1 aliphatic heterocycles. The summed E-state index contributed by atoms with van der Waals surface area (Å²) in [5.41, 5.74) is 5.18. The number of aromatic nitrogens is 2. The maximum atomic E-state index is 12.3. The fourth-order valence-electron chi connectivity index (χ4n) is 3.34. The first-order valence-electron chi connectivity index (χ1n) is 9.03. The van der Waals surface area contributed by atoms with E-state index >= 15 is 0 Å². The molecule has 0 fully saturated rings. The van der Waals surface area contributed by atoms with Gasteiger partial charge in [-0.1, -0.05) is 18.2 Å². The molecule has 140 valence electrons. The Morgan fingerprint density at radius 1 is 1.22 bits per heavy atom. The van der Waals surface area contributed by atoms with E-state index in [0.717, 1.165) is 28.6 Å². The normalized spacial score (nSPS) is 14.3. The van der Waals surface area contributed by atoms with Crippen LogP contribution in [0.4, 0.5) is 4.79 Å². The molecule has 5 nitrogen and oxygen atoms in total. The summed E-state index contributed by atoms with van der Waals surface area (Å²) in [6.45, 7) is 6.96. The van der Waals surface area contributed by atoms with Crippen molar-refractivity contribution in [3.8, 4) is 11.1 Å². The summed E-state index contributed by atoms with van der Waals surface area (Å²) in [7, 11) is 0. The zero-order chi connectivity index (χ0) is 19.2. The van der Waals surface area contributed by atoms with Gasteiger partial charge >= 0.3 is 6.09 Å². The maximum absolute atomic E-state index is 12.3. The summed E-state index contributed by atoms with van der Waals surface area (Å²) in [5, 5.41) is 1.14. The number of rotatable bonds is 1. The first-order chi connectivity index (χ1) is 12.8. The fraction of sp³-hybridized carbons (Fsp3) is 0.333. The lowest BCUT2D eigenvalue weighted by Crippen LogP contribution is -2.39. The number of ether oxygens (including phenoxy) is 1. The monoisotopic (exact) mass is 475 g/mol. The van der Waals surface area contributed by atoms with Crippen molar-refractivity contribution in [1.29, 1.82) is 0 Å². The van der Waals surface area contributed by atoms with E-state index in [1.54, 1.807) is 4.90 Å². The Bertz CT molecular complexity index is 1020. The van der Waals surface area contributed by atoms with Crippen LogP contribution in [-0.2, 0) is 17.7 Å². The molecule has 0 bridgehead atoms. The van der Waals surface area contributed by atoms with Gasteiger partial charge in [0.2, 0.25) is 0 Å². The number of nitrogens with one attached hydrogen (secondary N) is 1.